The number of guanidine groups is 1. The number of hydrogen-bond acceptors (Lipinski definition) is 10. The average molecular weight is 435 g/mol. The van der Waals surface area contributed by atoms with E-state index in [0.717, 1.165) is 11.1 Å². The number of nitrogens with one attached hydrogen (secondary N) is 2. The number of aliphatic imine (C=N–C) groups is 1. The van der Waals surface area contributed by atoms with Gasteiger partial charge in [-0.25, -0.2) is 9.98 Å². The molecule has 10 nitrogen and oxygen atoms in total. The Morgan fingerprint density at radius 2 is 1.73 bits per heavy atom. The van der Waals surface area contributed by atoms with Crippen LogP contribution in [0.4, 0.5) is 17.3 Å². The molecule has 1 unspecified atom stereocenters. The van der Waals surface area contributed by atoms with Gasteiger partial charge in [0.2, 0.25) is 5.96 Å². The lowest BCUT2D eigenvalue weighted by molar-refractivity contribution is 0.306. The lowest BCUT2D eigenvalue weighted by atomic mass is 9.95. The number of benzene rings is 2. The Bertz CT molecular complexity index is 1360. The van der Waals surface area contributed by atoms with Gasteiger partial charge in [-0.1, -0.05) is 24.3 Å². The summed E-state index contributed by atoms with van der Waals surface area (Å²) in [5.41, 5.74) is 15.1. The second-order valence-electron chi connectivity index (χ2n) is 7.07. The highest BCUT2D eigenvalue weighted by molar-refractivity contribution is 5.98. The summed E-state index contributed by atoms with van der Waals surface area (Å²) in [6.45, 7) is 0.345. The second-order valence-corrected chi connectivity index (χ2v) is 7.07. The summed E-state index contributed by atoms with van der Waals surface area (Å²) in [4.78, 5) is 8.76. The molecule has 0 spiro atoms. The first-order chi connectivity index (χ1) is 16.0. The van der Waals surface area contributed by atoms with E-state index in [0.29, 0.717) is 29.3 Å². The number of hydrogen-bond donors (Lipinski definition) is 4. The largest absolute Gasteiger partial charge is 0.489 e. The Morgan fingerprint density at radius 1 is 1.00 bits per heavy atom. The molecule has 0 saturated heterocycles. The van der Waals surface area contributed by atoms with Crippen LogP contribution >= 0.6 is 0 Å². The van der Waals surface area contributed by atoms with Crippen LogP contribution < -0.4 is 26.8 Å². The van der Waals surface area contributed by atoms with Crippen LogP contribution in [0, 0.1) is 34.1 Å². The summed E-state index contributed by atoms with van der Waals surface area (Å²) in [6.07, 6.45) is 1.82. The third-order valence-electron chi connectivity index (χ3n) is 5.04. The fourth-order valence-corrected chi connectivity index (χ4v) is 3.41. The molecule has 4 rings (SSSR count). The number of nitrogens with two attached hydrogens (primary N) is 2. The predicted octanol–water partition coefficient (Wildman–Crippen LogP) is 2.51. The molecule has 0 fully saturated rings. The Hall–Kier alpha value is -5.27. The molecule has 2 heterocycles. The van der Waals surface area contributed by atoms with Crippen molar-refractivity contribution in [3.05, 3.63) is 76.3 Å². The van der Waals surface area contributed by atoms with Gasteiger partial charge in [-0.3, -0.25) is 5.32 Å². The molecule has 3 aromatic rings. The molecular formula is C23H17N9O. The molecule has 1 aliphatic heterocycles. The smallest absolute Gasteiger partial charge is 0.211 e. The maximum Gasteiger partial charge on any atom is 0.211 e. The number of ether oxygens (including phenoxy) is 1. The third-order valence-corrected chi connectivity index (χ3v) is 5.04. The highest BCUT2D eigenvalue weighted by Crippen LogP contribution is 2.40. The number of pyridine rings is 1. The summed E-state index contributed by atoms with van der Waals surface area (Å²) in [7, 11) is 0. The van der Waals surface area contributed by atoms with Crippen molar-refractivity contribution >= 4 is 23.3 Å². The zero-order valence-corrected chi connectivity index (χ0v) is 17.2. The van der Waals surface area contributed by atoms with Gasteiger partial charge in [-0.15, -0.1) is 0 Å². The van der Waals surface area contributed by atoms with Crippen molar-refractivity contribution in [3.8, 4) is 24.1 Å². The number of fused-ring (bicyclic) bond motifs is 1. The highest BCUT2D eigenvalue weighted by atomic mass is 16.5. The van der Waals surface area contributed by atoms with E-state index >= 15 is 0 Å². The quantitative estimate of drug-likeness (QED) is 0.353. The van der Waals surface area contributed by atoms with Crippen LogP contribution in [0.1, 0.15) is 33.9 Å². The second kappa shape index (κ2) is 8.84. The molecule has 0 amide bonds. The van der Waals surface area contributed by atoms with Crippen LogP contribution in [0.3, 0.4) is 0 Å². The number of nitriles is 3. The zero-order chi connectivity index (χ0) is 23.4. The van der Waals surface area contributed by atoms with Gasteiger partial charge in [-0.05, 0) is 35.4 Å². The molecule has 160 valence electrons. The van der Waals surface area contributed by atoms with E-state index in [-0.39, 0.29) is 23.0 Å². The molecule has 10 heteroatoms. The van der Waals surface area contributed by atoms with Gasteiger partial charge in [0.1, 0.15) is 41.7 Å². The van der Waals surface area contributed by atoms with Gasteiger partial charge >= 0.3 is 0 Å². The van der Waals surface area contributed by atoms with Crippen LogP contribution in [-0.4, -0.2) is 10.9 Å². The SMILES string of the molecule is N#CNC1=NC(c2ccc(OCc3ccc(C#N)cc3)cc2)c2c(nc(N)c(C#N)c2N)N1. The van der Waals surface area contributed by atoms with Crippen LogP contribution in [0.5, 0.6) is 5.75 Å². The summed E-state index contributed by atoms with van der Waals surface area (Å²) in [6, 6.07) is 17.8. The number of nitrogen functional groups attached to an aromatic ring is 2. The Kier molecular flexibility index (Phi) is 5.62. The van der Waals surface area contributed by atoms with Gasteiger partial charge < -0.3 is 21.5 Å². The van der Waals surface area contributed by atoms with Crippen LogP contribution in [0.2, 0.25) is 0 Å². The number of aromatic nitrogens is 1. The minimum atomic E-state index is -0.620. The van der Waals surface area contributed by atoms with Crippen molar-refractivity contribution in [2.24, 2.45) is 4.99 Å². The summed E-state index contributed by atoms with van der Waals surface area (Å²) >= 11 is 0. The summed E-state index contributed by atoms with van der Waals surface area (Å²) in [5, 5.41) is 32.7. The van der Waals surface area contributed by atoms with Crippen LogP contribution in [0.15, 0.2) is 53.5 Å². The van der Waals surface area contributed by atoms with E-state index in [4.69, 9.17) is 26.7 Å². The molecule has 0 bridgehead atoms. The first-order valence-corrected chi connectivity index (χ1v) is 9.74. The maximum atomic E-state index is 9.42. The zero-order valence-electron chi connectivity index (χ0n) is 17.2. The average Bonchev–Trinajstić information content (AvgIpc) is 2.83. The minimum absolute atomic E-state index is 0.00948. The highest BCUT2D eigenvalue weighted by Gasteiger charge is 2.29. The molecule has 6 N–H and O–H groups in total. The van der Waals surface area contributed by atoms with E-state index in [2.05, 4.69) is 26.7 Å². The lowest BCUT2D eigenvalue weighted by Crippen LogP contribution is -2.32. The van der Waals surface area contributed by atoms with Crippen molar-refractivity contribution in [2.75, 3.05) is 16.8 Å². The van der Waals surface area contributed by atoms with Crippen molar-refractivity contribution < 1.29 is 4.74 Å². The van der Waals surface area contributed by atoms with Gasteiger partial charge in [0.05, 0.1) is 17.3 Å². The summed E-state index contributed by atoms with van der Waals surface area (Å²) in [5.74, 6) is 1.14. The molecule has 0 aliphatic carbocycles. The third kappa shape index (κ3) is 4.15. The fraction of sp³-hybridized carbons (Fsp3) is 0.0870. The van der Waals surface area contributed by atoms with Crippen molar-refractivity contribution in [1.29, 1.82) is 15.8 Å². The van der Waals surface area contributed by atoms with E-state index < -0.39 is 6.04 Å². The molecular weight excluding hydrogens is 418 g/mol. The van der Waals surface area contributed by atoms with Crippen molar-refractivity contribution in [1.82, 2.24) is 10.3 Å². The predicted molar refractivity (Wildman–Crippen MR) is 121 cm³/mol. The molecule has 2 aromatic carbocycles. The van der Waals surface area contributed by atoms with Crippen LogP contribution in [-0.2, 0) is 6.61 Å². The first-order valence-electron chi connectivity index (χ1n) is 9.74. The van der Waals surface area contributed by atoms with Gasteiger partial charge in [-0.2, -0.15) is 15.8 Å². The van der Waals surface area contributed by atoms with Crippen molar-refractivity contribution in [2.45, 2.75) is 12.6 Å². The lowest BCUT2D eigenvalue weighted by Gasteiger charge is -2.26. The van der Waals surface area contributed by atoms with Gasteiger partial charge in [0.25, 0.3) is 0 Å². The van der Waals surface area contributed by atoms with Gasteiger partial charge in [0, 0.05) is 5.56 Å². The molecule has 1 atom stereocenters. The topological polar surface area (TPSA) is 182 Å². The summed E-state index contributed by atoms with van der Waals surface area (Å²) < 4.78 is 5.83. The van der Waals surface area contributed by atoms with Crippen LogP contribution in [0.25, 0.3) is 0 Å². The van der Waals surface area contributed by atoms with E-state index in [9.17, 15) is 5.26 Å². The molecule has 0 radical (unpaired) electrons. The fourth-order valence-electron chi connectivity index (χ4n) is 3.41. The van der Waals surface area contributed by atoms with Crippen molar-refractivity contribution in [3.63, 3.8) is 0 Å². The molecule has 0 saturated carbocycles. The molecule has 1 aliphatic rings. The van der Waals surface area contributed by atoms with E-state index in [1.807, 2.05) is 36.5 Å². The Labute approximate surface area is 189 Å². The van der Waals surface area contributed by atoms with Gasteiger partial charge in [0.15, 0.2) is 6.19 Å². The number of rotatable bonds is 4. The standard InChI is InChI=1S/C23H17N9O/c24-9-13-1-3-14(4-2-13)11-33-16-7-5-15(6-8-16)20-18-19(27)17(10-25)21(28)31-22(18)32-23(30-20)29-12-26/h1-8,20H,11H2,(H6,27,28,29,30,31,32). The van der Waals surface area contributed by atoms with E-state index in [1.54, 1.807) is 24.3 Å². The monoisotopic (exact) mass is 435 g/mol. The molecule has 1 aromatic heterocycles. The maximum absolute atomic E-state index is 9.42. The Balaban J connectivity index is 1.62. The number of anilines is 3. The van der Waals surface area contributed by atoms with E-state index in [1.165, 1.54) is 0 Å². The minimum Gasteiger partial charge on any atom is -0.489 e. The normalized spacial score (nSPS) is 13.8. The number of nitrogens with zero attached hydrogens (tertiary/aromatic N) is 5. The Morgan fingerprint density at radius 3 is 2.36 bits per heavy atom. The molecule has 33 heavy (non-hydrogen) atoms. The first kappa shape index (κ1) is 21.0.